The lowest BCUT2D eigenvalue weighted by atomic mass is 9.85. The molecule has 10 heavy (non-hydrogen) atoms. The molecule has 1 nitrogen and oxygen atoms in total. The van der Waals surface area contributed by atoms with Crippen LogP contribution < -0.4 is 0 Å². The summed E-state index contributed by atoms with van der Waals surface area (Å²) < 4.78 is 0. The van der Waals surface area contributed by atoms with E-state index in [1.165, 1.54) is 0 Å². The molecule has 1 atom stereocenters. The molecule has 0 N–H and O–H groups in total. The van der Waals surface area contributed by atoms with Crippen LogP contribution in [0, 0.1) is 16.7 Å². The van der Waals surface area contributed by atoms with Gasteiger partial charge in [0.15, 0.2) is 0 Å². The van der Waals surface area contributed by atoms with Crippen molar-refractivity contribution >= 4 is 11.6 Å². The monoisotopic (exact) mass is 159 g/mol. The molecule has 0 saturated heterocycles. The van der Waals surface area contributed by atoms with E-state index < -0.39 is 0 Å². The number of nitrogens with zero attached hydrogens (tertiary/aromatic N) is 1. The van der Waals surface area contributed by atoms with Crippen LogP contribution in [-0.4, -0.2) is 5.88 Å². The molecular weight excluding hydrogens is 146 g/mol. The number of alkyl halides is 1. The fourth-order valence-electron chi connectivity index (χ4n) is 0.769. The predicted molar refractivity (Wildman–Crippen MR) is 44.0 cm³/mol. The van der Waals surface area contributed by atoms with E-state index in [-0.39, 0.29) is 5.41 Å². The summed E-state index contributed by atoms with van der Waals surface area (Å²) in [6.45, 7) is 4.02. The maximum atomic E-state index is 8.72. The van der Waals surface area contributed by atoms with Crippen molar-refractivity contribution in [3.8, 4) is 6.07 Å². The molecule has 0 bridgehead atoms. The molecule has 0 fully saturated rings. The van der Waals surface area contributed by atoms with Crippen LogP contribution in [0.4, 0.5) is 0 Å². The molecule has 0 saturated carbocycles. The van der Waals surface area contributed by atoms with Gasteiger partial charge in [-0.1, -0.05) is 6.92 Å². The Kier molecular flexibility index (Phi) is 4.47. The molecule has 0 aromatic heterocycles. The van der Waals surface area contributed by atoms with E-state index in [1.807, 2.05) is 13.8 Å². The zero-order chi connectivity index (χ0) is 8.04. The minimum absolute atomic E-state index is 0.144. The van der Waals surface area contributed by atoms with Crippen LogP contribution in [-0.2, 0) is 0 Å². The Hall–Kier alpha value is -0.220. The second kappa shape index (κ2) is 4.57. The van der Waals surface area contributed by atoms with E-state index in [0.29, 0.717) is 5.88 Å². The van der Waals surface area contributed by atoms with Crippen molar-refractivity contribution in [2.45, 2.75) is 33.1 Å². The largest absolute Gasteiger partial charge is 0.198 e. The highest BCUT2D eigenvalue weighted by Crippen LogP contribution is 2.25. The molecule has 2 heteroatoms. The lowest BCUT2D eigenvalue weighted by molar-refractivity contribution is 0.387. The Morgan fingerprint density at radius 3 is 2.50 bits per heavy atom. The lowest BCUT2D eigenvalue weighted by Gasteiger charge is -2.17. The highest BCUT2D eigenvalue weighted by molar-refractivity contribution is 6.17. The number of nitriles is 1. The van der Waals surface area contributed by atoms with Crippen molar-refractivity contribution < 1.29 is 0 Å². The third kappa shape index (κ3) is 3.08. The minimum Gasteiger partial charge on any atom is -0.198 e. The van der Waals surface area contributed by atoms with Crippen LogP contribution in [0.2, 0.25) is 0 Å². The lowest BCUT2D eigenvalue weighted by Crippen LogP contribution is -2.11. The first-order valence-corrected chi connectivity index (χ1v) is 4.19. The number of hydrogen-bond donors (Lipinski definition) is 0. The highest BCUT2D eigenvalue weighted by Gasteiger charge is 2.19. The van der Waals surface area contributed by atoms with Gasteiger partial charge < -0.3 is 0 Å². The fraction of sp³-hybridized carbons (Fsp3) is 0.875. The first-order valence-electron chi connectivity index (χ1n) is 3.66. The van der Waals surface area contributed by atoms with E-state index in [1.54, 1.807) is 0 Å². The number of rotatable bonds is 4. The summed E-state index contributed by atoms with van der Waals surface area (Å²) in [5.41, 5.74) is -0.144. The molecular formula is C8H14ClN. The Morgan fingerprint density at radius 1 is 1.60 bits per heavy atom. The number of halogens is 1. The molecule has 0 aliphatic heterocycles. The Bertz CT molecular complexity index is 128. The maximum Gasteiger partial charge on any atom is 0.0686 e. The molecule has 58 valence electrons. The quantitative estimate of drug-likeness (QED) is 0.579. The summed E-state index contributed by atoms with van der Waals surface area (Å²) >= 11 is 5.51. The van der Waals surface area contributed by atoms with Gasteiger partial charge in [0.2, 0.25) is 0 Å². The fourth-order valence-corrected chi connectivity index (χ4v) is 0.902. The summed E-state index contributed by atoms with van der Waals surface area (Å²) in [6.07, 6.45) is 2.78. The van der Waals surface area contributed by atoms with Gasteiger partial charge in [0.1, 0.15) is 0 Å². The van der Waals surface area contributed by atoms with Gasteiger partial charge in [0.25, 0.3) is 0 Å². The predicted octanol–water partition coefficient (Wildman–Crippen LogP) is 2.95. The van der Waals surface area contributed by atoms with Gasteiger partial charge in [-0.3, -0.25) is 0 Å². The van der Waals surface area contributed by atoms with Crippen molar-refractivity contribution in [1.29, 1.82) is 5.26 Å². The molecule has 0 aromatic carbocycles. The summed E-state index contributed by atoms with van der Waals surface area (Å²) in [7, 11) is 0. The van der Waals surface area contributed by atoms with Gasteiger partial charge in [0, 0.05) is 5.88 Å². The average molecular weight is 160 g/mol. The Morgan fingerprint density at radius 2 is 2.20 bits per heavy atom. The van der Waals surface area contributed by atoms with Crippen molar-refractivity contribution in [3.63, 3.8) is 0 Å². The molecule has 0 heterocycles. The van der Waals surface area contributed by atoms with Crippen LogP contribution in [0.1, 0.15) is 33.1 Å². The Labute approximate surface area is 68.0 Å². The van der Waals surface area contributed by atoms with Gasteiger partial charge in [-0.2, -0.15) is 5.26 Å². The van der Waals surface area contributed by atoms with Gasteiger partial charge in [0.05, 0.1) is 11.5 Å². The summed E-state index contributed by atoms with van der Waals surface area (Å²) in [5, 5.41) is 8.72. The van der Waals surface area contributed by atoms with E-state index in [4.69, 9.17) is 16.9 Å². The molecule has 0 spiro atoms. The highest BCUT2D eigenvalue weighted by atomic mass is 35.5. The summed E-state index contributed by atoms with van der Waals surface area (Å²) in [6, 6.07) is 2.30. The van der Waals surface area contributed by atoms with Crippen LogP contribution >= 0.6 is 11.6 Å². The van der Waals surface area contributed by atoms with E-state index in [0.717, 1.165) is 19.3 Å². The van der Waals surface area contributed by atoms with E-state index in [2.05, 4.69) is 6.07 Å². The van der Waals surface area contributed by atoms with Gasteiger partial charge in [-0.05, 0) is 26.2 Å². The smallest absolute Gasteiger partial charge is 0.0686 e. The summed E-state index contributed by atoms with van der Waals surface area (Å²) in [5.74, 6) is 0.664. The van der Waals surface area contributed by atoms with Crippen molar-refractivity contribution in [3.05, 3.63) is 0 Å². The third-order valence-corrected chi connectivity index (χ3v) is 2.18. The second-order valence-corrected chi connectivity index (χ2v) is 3.20. The molecule has 0 aliphatic carbocycles. The second-order valence-electron chi connectivity index (χ2n) is 2.82. The third-order valence-electron chi connectivity index (χ3n) is 1.91. The molecule has 0 aromatic rings. The zero-order valence-electron chi connectivity index (χ0n) is 6.65. The van der Waals surface area contributed by atoms with Crippen molar-refractivity contribution in [1.82, 2.24) is 0 Å². The zero-order valence-corrected chi connectivity index (χ0v) is 7.41. The first-order chi connectivity index (χ1) is 4.68. The first kappa shape index (κ1) is 9.78. The standard InChI is InChI=1S/C8H14ClN/c1-3-8(2,7-10)5-4-6-9/h3-6H2,1-2H3. The maximum absolute atomic E-state index is 8.72. The molecule has 0 amide bonds. The summed E-state index contributed by atoms with van der Waals surface area (Å²) in [4.78, 5) is 0. The van der Waals surface area contributed by atoms with Crippen LogP contribution in [0.5, 0.6) is 0 Å². The van der Waals surface area contributed by atoms with Crippen LogP contribution in [0.3, 0.4) is 0 Å². The molecule has 0 rings (SSSR count). The van der Waals surface area contributed by atoms with E-state index >= 15 is 0 Å². The van der Waals surface area contributed by atoms with Crippen molar-refractivity contribution in [2.75, 3.05) is 5.88 Å². The SMILES string of the molecule is CCC(C)(C#N)CCCCl. The molecule has 0 radical (unpaired) electrons. The normalized spacial score (nSPS) is 15.8. The van der Waals surface area contributed by atoms with Crippen LogP contribution in [0.15, 0.2) is 0 Å². The van der Waals surface area contributed by atoms with Gasteiger partial charge in [-0.25, -0.2) is 0 Å². The van der Waals surface area contributed by atoms with Gasteiger partial charge in [-0.15, -0.1) is 11.6 Å². The number of hydrogen-bond acceptors (Lipinski definition) is 1. The Balaban J connectivity index is 3.72. The van der Waals surface area contributed by atoms with E-state index in [9.17, 15) is 0 Å². The topological polar surface area (TPSA) is 23.8 Å². The van der Waals surface area contributed by atoms with Gasteiger partial charge >= 0.3 is 0 Å². The van der Waals surface area contributed by atoms with Crippen LogP contribution in [0.25, 0.3) is 0 Å². The van der Waals surface area contributed by atoms with Crippen molar-refractivity contribution in [2.24, 2.45) is 5.41 Å². The molecule has 1 unspecified atom stereocenters. The molecule has 0 aliphatic rings. The minimum atomic E-state index is -0.144. The average Bonchev–Trinajstić information content (AvgIpc) is 2.00.